The largest absolute Gasteiger partial charge is 0.497 e. The van der Waals surface area contributed by atoms with Gasteiger partial charge in [0, 0.05) is 19.6 Å². The Hall–Kier alpha value is -2.22. The highest BCUT2D eigenvalue weighted by Gasteiger charge is 2.25. The number of nitriles is 1. The molecule has 0 unspecified atom stereocenters. The molecule has 1 aliphatic heterocycles. The van der Waals surface area contributed by atoms with Crippen LogP contribution in [0.4, 0.5) is 5.69 Å². The average Bonchev–Trinajstić information content (AvgIpc) is 2.61. The van der Waals surface area contributed by atoms with Crippen molar-refractivity contribution in [1.82, 2.24) is 5.32 Å². The molecule has 0 amide bonds. The third-order valence-corrected chi connectivity index (χ3v) is 4.41. The van der Waals surface area contributed by atoms with Gasteiger partial charge in [-0.2, -0.15) is 5.26 Å². The number of methoxy groups -OCH3 is 1. The molecule has 0 saturated carbocycles. The van der Waals surface area contributed by atoms with E-state index in [1.54, 1.807) is 13.2 Å². The van der Waals surface area contributed by atoms with E-state index >= 15 is 0 Å². The Labute approximate surface area is 141 Å². The molecule has 0 bridgehead atoms. The Bertz CT molecular complexity index is 741. The lowest BCUT2D eigenvalue weighted by molar-refractivity contribution is 0.412. The number of nitrogens with one attached hydrogen (secondary N) is 1. The molecule has 0 aromatic heterocycles. The fourth-order valence-corrected chi connectivity index (χ4v) is 3.24. The van der Waals surface area contributed by atoms with Crippen molar-refractivity contribution >= 4 is 17.3 Å². The molecule has 0 aliphatic carbocycles. The predicted octanol–water partition coefficient (Wildman–Crippen LogP) is 3.37. The number of hydrogen-bond acceptors (Lipinski definition) is 4. The van der Waals surface area contributed by atoms with Gasteiger partial charge in [0.15, 0.2) is 0 Å². The second-order valence-corrected chi connectivity index (χ2v) is 5.88. The van der Waals surface area contributed by atoms with Crippen molar-refractivity contribution in [2.24, 2.45) is 0 Å². The van der Waals surface area contributed by atoms with E-state index in [0.717, 1.165) is 31.1 Å². The molecule has 1 N–H and O–H groups in total. The number of benzene rings is 2. The second kappa shape index (κ2) is 6.91. The number of hydrogen-bond donors (Lipinski definition) is 1. The number of nitrogens with zero attached hydrogens (tertiary/aromatic N) is 2. The topological polar surface area (TPSA) is 48.3 Å². The molecule has 23 heavy (non-hydrogen) atoms. The van der Waals surface area contributed by atoms with Crippen molar-refractivity contribution < 1.29 is 4.74 Å². The summed E-state index contributed by atoms with van der Waals surface area (Å²) in [6.45, 7) is 2.59. The average molecular weight is 328 g/mol. The first-order chi connectivity index (χ1) is 11.2. The van der Waals surface area contributed by atoms with Crippen molar-refractivity contribution in [3.05, 3.63) is 58.6 Å². The highest BCUT2D eigenvalue weighted by molar-refractivity contribution is 6.33. The van der Waals surface area contributed by atoms with Gasteiger partial charge in [0.25, 0.3) is 0 Å². The summed E-state index contributed by atoms with van der Waals surface area (Å²) < 4.78 is 5.34. The molecule has 1 atom stereocenters. The quantitative estimate of drug-likeness (QED) is 0.939. The fourth-order valence-electron chi connectivity index (χ4n) is 2.95. The second-order valence-electron chi connectivity index (χ2n) is 5.47. The van der Waals surface area contributed by atoms with Crippen LogP contribution >= 0.6 is 11.6 Å². The van der Waals surface area contributed by atoms with Crippen molar-refractivity contribution in [2.75, 3.05) is 31.6 Å². The van der Waals surface area contributed by atoms with Crippen LogP contribution in [0.25, 0.3) is 0 Å². The Kier molecular flexibility index (Phi) is 4.71. The predicted molar refractivity (Wildman–Crippen MR) is 92.1 cm³/mol. The highest BCUT2D eigenvalue weighted by Crippen LogP contribution is 2.34. The number of rotatable bonds is 3. The van der Waals surface area contributed by atoms with Gasteiger partial charge < -0.3 is 15.0 Å². The van der Waals surface area contributed by atoms with Crippen molar-refractivity contribution in [3.8, 4) is 11.8 Å². The summed E-state index contributed by atoms with van der Waals surface area (Å²) in [5.41, 5.74) is 2.71. The number of piperazine rings is 1. The molecule has 0 spiro atoms. The standard InChI is InChI=1S/C18H18ClN3O/c1-23-15-4-2-3-14(10-15)18-12-21-7-8-22(18)17-6-5-13(11-20)9-16(17)19/h2-6,9-10,18,21H,7-8,12H2,1H3/t18-/m0/s1. The zero-order chi connectivity index (χ0) is 16.2. The van der Waals surface area contributed by atoms with Gasteiger partial charge >= 0.3 is 0 Å². The SMILES string of the molecule is COc1cccc([C@@H]2CNCCN2c2ccc(C#N)cc2Cl)c1. The van der Waals surface area contributed by atoms with Gasteiger partial charge in [-0.1, -0.05) is 23.7 Å². The third kappa shape index (κ3) is 3.26. The van der Waals surface area contributed by atoms with Gasteiger partial charge in [0.1, 0.15) is 5.75 Å². The van der Waals surface area contributed by atoms with Gasteiger partial charge in [-0.15, -0.1) is 0 Å². The summed E-state index contributed by atoms with van der Waals surface area (Å²) in [6, 6.07) is 15.9. The minimum atomic E-state index is 0.171. The molecule has 1 fully saturated rings. The summed E-state index contributed by atoms with van der Waals surface area (Å²) in [5, 5.41) is 13.0. The molecule has 0 radical (unpaired) electrons. The normalized spacial score (nSPS) is 17.6. The van der Waals surface area contributed by atoms with Crippen LogP contribution in [0.5, 0.6) is 5.75 Å². The Morgan fingerprint density at radius 3 is 2.91 bits per heavy atom. The highest BCUT2D eigenvalue weighted by atomic mass is 35.5. The Balaban J connectivity index is 1.97. The molecule has 1 aliphatic rings. The van der Waals surface area contributed by atoms with E-state index in [-0.39, 0.29) is 6.04 Å². The molecule has 4 nitrogen and oxygen atoms in total. The van der Waals surface area contributed by atoms with E-state index in [1.165, 1.54) is 5.56 Å². The van der Waals surface area contributed by atoms with Crippen LogP contribution in [0.3, 0.4) is 0 Å². The van der Waals surface area contributed by atoms with E-state index < -0.39 is 0 Å². The Morgan fingerprint density at radius 1 is 1.30 bits per heavy atom. The summed E-state index contributed by atoms with van der Waals surface area (Å²) in [5.74, 6) is 0.846. The summed E-state index contributed by atoms with van der Waals surface area (Å²) in [6.07, 6.45) is 0. The zero-order valence-electron chi connectivity index (χ0n) is 12.9. The molecule has 2 aromatic carbocycles. The smallest absolute Gasteiger partial charge is 0.119 e. The maximum Gasteiger partial charge on any atom is 0.119 e. The molecular formula is C18H18ClN3O. The van der Waals surface area contributed by atoms with Crippen LogP contribution in [0.2, 0.25) is 5.02 Å². The summed E-state index contributed by atoms with van der Waals surface area (Å²) >= 11 is 6.41. The molecule has 5 heteroatoms. The van der Waals surface area contributed by atoms with Crippen molar-refractivity contribution in [3.63, 3.8) is 0 Å². The van der Waals surface area contributed by atoms with E-state index in [0.29, 0.717) is 10.6 Å². The van der Waals surface area contributed by atoms with Crippen LogP contribution in [0, 0.1) is 11.3 Å². The molecular weight excluding hydrogens is 310 g/mol. The Morgan fingerprint density at radius 2 is 2.17 bits per heavy atom. The molecule has 118 valence electrons. The lowest BCUT2D eigenvalue weighted by Gasteiger charge is -2.39. The molecule has 1 saturated heterocycles. The molecule has 1 heterocycles. The van der Waals surface area contributed by atoms with E-state index in [9.17, 15) is 0 Å². The zero-order valence-corrected chi connectivity index (χ0v) is 13.7. The van der Waals surface area contributed by atoms with Crippen LogP contribution in [0.15, 0.2) is 42.5 Å². The molecule has 3 rings (SSSR count). The van der Waals surface area contributed by atoms with E-state index in [4.69, 9.17) is 21.6 Å². The van der Waals surface area contributed by atoms with Gasteiger partial charge in [0.05, 0.1) is 35.5 Å². The van der Waals surface area contributed by atoms with Gasteiger partial charge in [-0.25, -0.2) is 0 Å². The first-order valence-corrected chi connectivity index (χ1v) is 7.91. The van der Waals surface area contributed by atoms with Gasteiger partial charge in [-0.05, 0) is 35.9 Å². The van der Waals surface area contributed by atoms with Gasteiger partial charge in [-0.3, -0.25) is 0 Å². The van der Waals surface area contributed by atoms with E-state index in [1.807, 2.05) is 24.3 Å². The number of ether oxygens (including phenoxy) is 1. The number of halogens is 1. The lowest BCUT2D eigenvalue weighted by atomic mass is 10.0. The van der Waals surface area contributed by atoms with Crippen LogP contribution in [-0.4, -0.2) is 26.7 Å². The first-order valence-electron chi connectivity index (χ1n) is 7.54. The van der Waals surface area contributed by atoms with Crippen LogP contribution in [-0.2, 0) is 0 Å². The minimum Gasteiger partial charge on any atom is -0.497 e. The minimum absolute atomic E-state index is 0.171. The monoisotopic (exact) mass is 327 g/mol. The molecule has 2 aromatic rings. The summed E-state index contributed by atoms with van der Waals surface area (Å²) in [7, 11) is 1.67. The van der Waals surface area contributed by atoms with Crippen LogP contribution in [0.1, 0.15) is 17.2 Å². The maximum atomic E-state index is 9.00. The summed E-state index contributed by atoms with van der Waals surface area (Å²) in [4.78, 5) is 2.29. The van der Waals surface area contributed by atoms with Crippen molar-refractivity contribution in [1.29, 1.82) is 5.26 Å². The van der Waals surface area contributed by atoms with Gasteiger partial charge in [0.2, 0.25) is 0 Å². The van der Waals surface area contributed by atoms with E-state index in [2.05, 4.69) is 28.4 Å². The van der Waals surface area contributed by atoms with Crippen molar-refractivity contribution in [2.45, 2.75) is 6.04 Å². The fraction of sp³-hybridized carbons (Fsp3) is 0.278. The maximum absolute atomic E-state index is 9.00. The van der Waals surface area contributed by atoms with Crippen LogP contribution < -0.4 is 15.0 Å². The first kappa shape index (κ1) is 15.7. The lowest BCUT2D eigenvalue weighted by Crippen LogP contribution is -2.46. The third-order valence-electron chi connectivity index (χ3n) is 4.11. The number of anilines is 1.